The van der Waals surface area contributed by atoms with Crippen LogP contribution in [-0.4, -0.2) is 41.5 Å². The Labute approximate surface area is 167 Å². The number of carbonyl (C=O) groups excluding carboxylic acids is 2. The monoisotopic (exact) mass is 395 g/mol. The van der Waals surface area contributed by atoms with Crippen LogP contribution in [0.5, 0.6) is 0 Å². The first-order chi connectivity index (χ1) is 12.6. The Kier molecular flexibility index (Phi) is 8.05. The fraction of sp³-hybridized carbons (Fsp3) is 0.650. The fourth-order valence-corrected chi connectivity index (χ4v) is 4.55. The van der Waals surface area contributed by atoms with Crippen molar-refractivity contribution in [3.8, 4) is 0 Å². The van der Waals surface area contributed by atoms with Crippen LogP contribution in [0.25, 0.3) is 0 Å². The van der Waals surface area contributed by atoms with Crippen LogP contribution in [0.1, 0.15) is 44.1 Å². The number of nitrogens with two attached hydrogens (primary N) is 1. The Bertz CT molecular complexity index is 614. The van der Waals surface area contributed by atoms with E-state index in [4.69, 9.17) is 10.5 Å². The minimum atomic E-state index is -0.292. The number of aromatic nitrogens is 1. The molecule has 2 aliphatic rings. The normalized spacial score (nSPS) is 26.6. The number of rotatable bonds is 6. The second-order valence-electron chi connectivity index (χ2n) is 7.64. The Morgan fingerprint density at radius 2 is 1.85 bits per heavy atom. The van der Waals surface area contributed by atoms with Gasteiger partial charge in [0.2, 0.25) is 5.91 Å². The first kappa shape index (κ1) is 21.6. The molecule has 0 aromatic carbocycles. The van der Waals surface area contributed by atoms with Gasteiger partial charge in [-0.25, -0.2) is 0 Å². The number of carbonyl (C=O) groups is 2. The van der Waals surface area contributed by atoms with E-state index < -0.39 is 0 Å². The number of fused-ring (bicyclic) bond motifs is 2. The molecule has 1 heterocycles. The van der Waals surface area contributed by atoms with Gasteiger partial charge in [-0.05, 0) is 55.2 Å². The molecule has 3 rings (SSSR count). The van der Waals surface area contributed by atoms with Crippen molar-refractivity contribution in [1.82, 2.24) is 9.88 Å². The van der Waals surface area contributed by atoms with Crippen molar-refractivity contribution in [1.29, 1.82) is 0 Å². The largest absolute Gasteiger partial charge is 0.469 e. The van der Waals surface area contributed by atoms with Crippen LogP contribution in [0, 0.1) is 17.8 Å². The van der Waals surface area contributed by atoms with E-state index in [0.717, 1.165) is 31.2 Å². The van der Waals surface area contributed by atoms with Gasteiger partial charge in [0.1, 0.15) is 0 Å². The van der Waals surface area contributed by atoms with Crippen molar-refractivity contribution in [2.45, 2.75) is 51.1 Å². The highest BCUT2D eigenvalue weighted by Gasteiger charge is 2.41. The molecule has 1 aromatic rings. The van der Waals surface area contributed by atoms with E-state index in [0.29, 0.717) is 24.9 Å². The molecule has 6 nitrogen and oxygen atoms in total. The van der Waals surface area contributed by atoms with Crippen LogP contribution >= 0.6 is 12.4 Å². The first-order valence-electron chi connectivity index (χ1n) is 9.58. The molecule has 7 heteroatoms. The molecule has 0 spiro atoms. The number of ether oxygens (including phenoxy) is 1. The number of methoxy groups -OCH3 is 1. The maximum absolute atomic E-state index is 13.3. The number of hydrogen-bond donors (Lipinski definition) is 1. The lowest BCUT2D eigenvalue weighted by Crippen LogP contribution is -2.49. The lowest BCUT2D eigenvalue weighted by atomic mass is 9.65. The van der Waals surface area contributed by atoms with E-state index in [-0.39, 0.29) is 42.7 Å². The van der Waals surface area contributed by atoms with Gasteiger partial charge in [0.05, 0.1) is 13.5 Å². The van der Waals surface area contributed by atoms with Crippen LogP contribution < -0.4 is 5.73 Å². The molecule has 150 valence electrons. The van der Waals surface area contributed by atoms with E-state index in [2.05, 4.69) is 4.98 Å². The summed E-state index contributed by atoms with van der Waals surface area (Å²) in [6, 6.07) is 4.06. The molecule has 1 amide bonds. The van der Waals surface area contributed by atoms with Crippen molar-refractivity contribution >= 4 is 24.3 Å². The van der Waals surface area contributed by atoms with Crippen molar-refractivity contribution < 1.29 is 14.3 Å². The summed E-state index contributed by atoms with van der Waals surface area (Å²) in [7, 11) is 1.38. The quantitative estimate of drug-likeness (QED) is 0.748. The third-order valence-electron chi connectivity index (χ3n) is 6.01. The van der Waals surface area contributed by atoms with Crippen LogP contribution in [0.2, 0.25) is 0 Å². The predicted octanol–water partition coefficient (Wildman–Crippen LogP) is 2.55. The molecule has 2 saturated carbocycles. The van der Waals surface area contributed by atoms with Gasteiger partial charge in [-0.1, -0.05) is 6.42 Å². The van der Waals surface area contributed by atoms with E-state index in [9.17, 15) is 9.59 Å². The molecule has 0 radical (unpaired) electrons. The van der Waals surface area contributed by atoms with Crippen molar-refractivity contribution in [3.05, 3.63) is 30.1 Å². The van der Waals surface area contributed by atoms with Crippen LogP contribution in [-0.2, 0) is 20.9 Å². The summed E-state index contributed by atoms with van der Waals surface area (Å²) in [5.41, 5.74) is 7.39. The molecule has 2 atom stereocenters. The molecular weight excluding hydrogens is 366 g/mol. The van der Waals surface area contributed by atoms with E-state index in [1.54, 1.807) is 12.4 Å². The third kappa shape index (κ3) is 5.42. The lowest BCUT2D eigenvalue weighted by Gasteiger charge is -2.44. The maximum atomic E-state index is 13.3. The molecular formula is C20H30ClN3O3. The summed E-state index contributed by atoms with van der Waals surface area (Å²) in [4.78, 5) is 30.7. The lowest BCUT2D eigenvalue weighted by molar-refractivity contribution is -0.143. The Balaban J connectivity index is 0.00000261. The standard InChI is InChI=1S/C20H29N3O3.ClH/c1-26-18(24)7-10-23(13-14-5-8-22-9-6-14)20(25)17-11-15-3-2-4-16(12-17)19(15)21;/h5-6,8-9,15-17,19H,2-4,7,10-13,21H2,1H3;1H. The van der Waals surface area contributed by atoms with Crippen LogP contribution in [0.15, 0.2) is 24.5 Å². The topological polar surface area (TPSA) is 85.5 Å². The van der Waals surface area contributed by atoms with Gasteiger partial charge < -0.3 is 15.4 Å². The summed E-state index contributed by atoms with van der Waals surface area (Å²) in [5.74, 6) is 0.791. The summed E-state index contributed by atoms with van der Waals surface area (Å²) in [6.45, 7) is 0.877. The summed E-state index contributed by atoms with van der Waals surface area (Å²) in [5, 5.41) is 0. The number of pyridine rings is 1. The second kappa shape index (κ2) is 10.0. The second-order valence-corrected chi connectivity index (χ2v) is 7.64. The van der Waals surface area contributed by atoms with Gasteiger partial charge in [0.25, 0.3) is 0 Å². The number of esters is 1. The average molecular weight is 396 g/mol. The SMILES string of the molecule is COC(=O)CCN(Cc1ccncc1)C(=O)C1CC2CCCC(C1)C2N.Cl. The van der Waals surface area contributed by atoms with Crippen LogP contribution in [0.4, 0.5) is 0 Å². The average Bonchev–Trinajstić information content (AvgIpc) is 2.65. The number of halogens is 1. The van der Waals surface area contributed by atoms with E-state index >= 15 is 0 Å². The first-order valence-corrected chi connectivity index (χ1v) is 9.58. The van der Waals surface area contributed by atoms with Gasteiger partial charge in [-0.15, -0.1) is 12.4 Å². The number of hydrogen-bond acceptors (Lipinski definition) is 5. The van der Waals surface area contributed by atoms with Gasteiger partial charge >= 0.3 is 5.97 Å². The smallest absolute Gasteiger partial charge is 0.307 e. The zero-order valence-corrected chi connectivity index (χ0v) is 16.7. The molecule has 0 aliphatic heterocycles. The summed E-state index contributed by atoms with van der Waals surface area (Å²) < 4.78 is 4.75. The highest BCUT2D eigenvalue weighted by Crippen LogP contribution is 2.42. The van der Waals surface area contributed by atoms with Crippen molar-refractivity contribution in [2.24, 2.45) is 23.5 Å². The van der Waals surface area contributed by atoms with Gasteiger partial charge in [0.15, 0.2) is 0 Å². The minimum Gasteiger partial charge on any atom is -0.469 e. The van der Waals surface area contributed by atoms with Gasteiger partial charge in [0, 0.05) is 37.4 Å². The molecule has 2 fully saturated rings. The molecule has 1 aromatic heterocycles. The van der Waals surface area contributed by atoms with Crippen molar-refractivity contribution in [2.75, 3.05) is 13.7 Å². The molecule has 2 N–H and O–H groups in total. The zero-order chi connectivity index (χ0) is 18.5. The van der Waals surface area contributed by atoms with E-state index in [1.165, 1.54) is 13.5 Å². The minimum absolute atomic E-state index is 0. The Morgan fingerprint density at radius 3 is 2.44 bits per heavy atom. The van der Waals surface area contributed by atoms with E-state index in [1.807, 2.05) is 17.0 Å². The Morgan fingerprint density at radius 1 is 1.22 bits per heavy atom. The molecule has 2 bridgehead atoms. The zero-order valence-electron chi connectivity index (χ0n) is 15.9. The molecule has 2 aliphatic carbocycles. The molecule has 2 unspecified atom stereocenters. The summed E-state index contributed by atoms with van der Waals surface area (Å²) >= 11 is 0. The van der Waals surface area contributed by atoms with Crippen molar-refractivity contribution in [3.63, 3.8) is 0 Å². The van der Waals surface area contributed by atoms with Crippen LogP contribution in [0.3, 0.4) is 0 Å². The fourth-order valence-electron chi connectivity index (χ4n) is 4.55. The molecule has 27 heavy (non-hydrogen) atoms. The van der Waals surface area contributed by atoms with Gasteiger partial charge in [-0.2, -0.15) is 0 Å². The number of nitrogens with zero attached hydrogens (tertiary/aromatic N) is 2. The third-order valence-corrected chi connectivity index (χ3v) is 6.01. The maximum Gasteiger partial charge on any atom is 0.307 e. The predicted molar refractivity (Wildman–Crippen MR) is 105 cm³/mol. The summed E-state index contributed by atoms with van der Waals surface area (Å²) in [6.07, 6.45) is 8.91. The highest BCUT2D eigenvalue weighted by atomic mass is 35.5. The Hall–Kier alpha value is -1.66. The molecule has 0 saturated heterocycles. The number of amides is 1. The highest BCUT2D eigenvalue weighted by molar-refractivity contribution is 5.85. The van der Waals surface area contributed by atoms with Gasteiger partial charge in [-0.3, -0.25) is 14.6 Å².